The summed E-state index contributed by atoms with van der Waals surface area (Å²) < 4.78 is 0. The lowest BCUT2D eigenvalue weighted by atomic mass is 10.1. The van der Waals surface area contributed by atoms with Crippen LogP contribution in [0.25, 0.3) is 10.9 Å². The molecule has 0 radical (unpaired) electrons. The number of aromatic amines is 1. The molecular weight excluding hydrogens is 221 g/mol. The van der Waals surface area contributed by atoms with Gasteiger partial charge in [0.2, 0.25) is 0 Å². The van der Waals surface area contributed by atoms with Crippen molar-refractivity contribution in [1.82, 2.24) is 4.98 Å². The summed E-state index contributed by atoms with van der Waals surface area (Å²) in [4.78, 5) is 14.2. The van der Waals surface area contributed by atoms with Crippen LogP contribution in [0.1, 0.15) is 17.3 Å². The van der Waals surface area contributed by atoms with Crippen LogP contribution < -0.4 is 0 Å². The van der Waals surface area contributed by atoms with E-state index in [2.05, 4.69) is 4.98 Å². The Labute approximate surface area is 90.8 Å². The number of nitrogens with one attached hydrogen (secondary N) is 1. The van der Waals surface area contributed by atoms with Gasteiger partial charge in [0.25, 0.3) is 0 Å². The Kier molecular flexibility index (Phi) is 2.25. The molecule has 0 spiro atoms. The Morgan fingerprint density at radius 3 is 2.71 bits per heavy atom. The van der Waals surface area contributed by atoms with E-state index in [0.29, 0.717) is 15.6 Å². The third-order valence-electron chi connectivity index (χ3n) is 2.08. The zero-order valence-corrected chi connectivity index (χ0v) is 8.91. The van der Waals surface area contributed by atoms with Gasteiger partial charge in [-0.25, -0.2) is 0 Å². The topological polar surface area (TPSA) is 32.9 Å². The van der Waals surface area contributed by atoms with Crippen LogP contribution in [0.4, 0.5) is 0 Å². The second-order valence-corrected chi connectivity index (χ2v) is 3.91. The van der Waals surface area contributed by atoms with E-state index in [0.717, 1.165) is 10.9 Å². The Balaban J connectivity index is 2.85. The number of ketones is 1. The number of hydrogen-bond acceptors (Lipinski definition) is 1. The standard InChI is InChI=1S/C10H7Cl2NO/c1-5(14)7-4-13-9-3-6(11)2-8(12)10(7)9/h2-4,13H,1H3. The van der Waals surface area contributed by atoms with Crippen LogP contribution in [-0.4, -0.2) is 10.8 Å². The highest BCUT2D eigenvalue weighted by molar-refractivity contribution is 6.39. The Morgan fingerprint density at radius 2 is 2.07 bits per heavy atom. The van der Waals surface area contributed by atoms with Gasteiger partial charge in [0, 0.05) is 27.7 Å². The summed E-state index contributed by atoms with van der Waals surface area (Å²) in [6, 6.07) is 3.38. The molecule has 1 aromatic heterocycles. The zero-order valence-electron chi connectivity index (χ0n) is 7.40. The van der Waals surface area contributed by atoms with Crippen molar-refractivity contribution in [2.24, 2.45) is 0 Å². The van der Waals surface area contributed by atoms with E-state index in [1.807, 2.05) is 0 Å². The van der Waals surface area contributed by atoms with E-state index < -0.39 is 0 Å². The van der Waals surface area contributed by atoms with E-state index in [9.17, 15) is 4.79 Å². The molecule has 0 aliphatic rings. The molecule has 0 atom stereocenters. The smallest absolute Gasteiger partial charge is 0.161 e. The maximum atomic E-state index is 11.2. The second-order valence-electron chi connectivity index (χ2n) is 3.07. The summed E-state index contributed by atoms with van der Waals surface area (Å²) in [5, 5.41) is 1.79. The summed E-state index contributed by atoms with van der Waals surface area (Å²) in [6.45, 7) is 1.51. The van der Waals surface area contributed by atoms with Gasteiger partial charge in [0.1, 0.15) is 0 Å². The minimum atomic E-state index is -0.0135. The summed E-state index contributed by atoms with van der Waals surface area (Å²) in [5.41, 5.74) is 1.38. The van der Waals surface area contributed by atoms with Crippen LogP contribution >= 0.6 is 23.2 Å². The molecule has 0 amide bonds. The van der Waals surface area contributed by atoms with Crippen LogP contribution in [0.5, 0.6) is 0 Å². The minimum Gasteiger partial charge on any atom is -0.360 e. The van der Waals surface area contributed by atoms with Crippen molar-refractivity contribution in [2.75, 3.05) is 0 Å². The van der Waals surface area contributed by atoms with Crippen molar-refractivity contribution in [1.29, 1.82) is 0 Å². The fraction of sp³-hybridized carbons (Fsp3) is 0.100. The zero-order chi connectivity index (χ0) is 10.3. The highest BCUT2D eigenvalue weighted by Gasteiger charge is 2.11. The molecule has 0 aliphatic heterocycles. The lowest BCUT2D eigenvalue weighted by Gasteiger charge is -1.97. The van der Waals surface area contributed by atoms with Crippen molar-refractivity contribution in [3.63, 3.8) is 0 Å². The van der Waals surface area contributed by atoms with Gasteiger partial charge >= 0.3 is 0 Å². The highest BCUT2D eigenvalue weighted by atomic mass is 35.5. The predicted octanol–water partition coefficient (Wildman–Crippen LogP) is 3.68. The van der Waals surface area contributed by atoms with Crippen LogP contribution in [0.2, 0.25) is 10.0 Å². The molecule has 14 heavy (non-hydrogen) atoms. The van der Waals surface area contributed by atoms with Crippen molar-refractivity contribution in [3.8, 4) is 0 Å². The number of carbonyl (C=O) groups is 1. The van der Waals surface area contributed by atoms with Crippen LogP contribution in [-0.2, 0) is 0 Å². The molecule has 1 N–H and O–H groups in total. The van der Waals surface area contributed by atoms with E-state index >= 15 is 0 Å². The summed E-state index contributed by atoms with van der Waals surface area (Å²) in [5.74, 6) is -0.0135. The maximum absolute atomic E-state index is 11.2. The third-order valence-corrected chi connectivity index (χ3v) is 2.59. The number of Topliss-reactive ketones (excluding diaryl/α,β-unsaturated/α-hetero) is 1. The van der Waals surface area contributed by atoms with E-state index in [1.165, 1.54) is 6.92 Å². The quantitative estimate of drug-likeness (QED) is 0.742. The first-order valence-corrected chi connectivity index (χ1v) is 4.82. The molecule has 4 heteroatoms. The first-order chi connectivity index (χ1) is 6.59. The first-order valence-electron chi connectivity index (χ1n) is 4.06. The number of H-pyrrole nitrogens is 1. The number of hydrogen-bond donors (Lipinski definition) is 1. The van der Waals surface area contributed by atoms with Gasteiger partial charge < -0.3 is 4.98 Å². The number of fused-ring (bicyclic) bond motifs is 1. The average molecular weight is 228 g/mol. The van der Waals surface area contributed by atoms with Crippen molar-refractivity contribution in [3.05, 3.63) is 33.9 Å². The number of halogens is 2. The molecule has 1 heterocycles. The average Bonchev–Trinajstić information content (AvgIpc) is 2.47. The molecule has 72 valence electrons. The molecule has 2 nitrogen and oxygen atoms in total. The Hall–Kier alpha value is -0.990. The molecular formula is C10H7Cl2NO. The largest absolute Gasteiger partial charge is 0.360 e. The number of benzene rings is 1. The molecule has 0 aliphatic carbocycles. The van der Waals surface area contributed by atoms with E-state index in [-0.39, 0.29) is 5.78 Å². The van der Waals surface area contributed by atoms with Gasteiger partial charge in [0.05, 0.1) is 5.02 Å². The molecule has 0 bridgehead atoms. The number of rotatable bonds is 1. The SMILES string of the molecule is CC(=O)c1c[nH]c2cc(Cl)cc(Cl)c12. The van der Waals surface area contributed by atoms with E-state index in [1.54, 1.807) is 18.3 Å². The highest BCUT2D eigenvalue weighted by Crippen LogP contribution is 2.30. The van der Waals surface area contributed by atoms with Gasteiger partial charge in [-0.15, -0.1) is 0 Å². The van der Waals surface area contributed by atoms with Gasteiger partial charge in [-0.05, 0) is 19.1 Å². The molecule has 0 fully saturated rings. The Bertz CT molecular complexity index is 516. The predicted molar refractivity (Wildman–Crippen MR) is 58.3 cm³/mol. The third kappa shape index (κ3) is 1.41. The minimum absolute atomic E-state index is 0.0135. The van der Waals surface area contributed by atoms with Crippen LogP contribution in [0.15, 0.2) is 18.3 Å². The summed E-state index contributed by atoms with van der Waals surface area (Å²) >= 11 is 11.8. The monoisotopic (exact) mass is 227 g/mol. The van der Waals surface area contributed by atoms with Crippen molar-refractivity contribution in [2.45, 2.75) is 6.92 Å². The molecule has 0 unspecified atom stereocenters. The van der Waals surface area contributed by atoms with Crippen LogP contribution in [0.3, 0.4) is 0 Å². The molecule has 2 rings (SSSR count). The molecule has 0 saturated heterocycles. The second kappa shape index (κ2) is 3.30. The van der Waals surface area contributed by atoms with Crippen LogP contribution in [0, 0.1) is 0 Å². The summed E-state index contributed by atoms with van der Waals surface area (Å²) in [6.07, 6.45) is 1.65. The lowest BCUT2D eigenvalue weighted by molar-refractivity contribution is 0.101. The normalized spacial score (nSPS) is 10.8. The van der Waals surface area contributed by atoms with Gasteiger partial charge in [-0.3, -0.25) is 4.79 Å². The maximum Gasteiger partial charge on any atom is 0.161 e. The van der Waals surface area contributed by atoms with Crippen molar-refractivity contribution < 1.29 is 4.79 Å². The van der Waals surface area contributed by atoms with Gasteiger partial charge in [-0.1, -0.05) is 23.2 Å². The molecule has 2 aromatic rings. The first kappa shape index (κ1) is 9.56. The number of carbonyl (C=O) groups excluding carboxylic acids is 1. The number of aromatic nitrogens is 1. The molecule has 0 saturated carbocycles. The van der Waals surface area contributed by atoms with Crippen molar-refractivity contribution >= 4 is 39.9 Å². The fourth-order valence-electron chi connectivity index (χ4n) is 1.46. The van der Waals surface area contributed by atoms with Gasteiger partial charge in [0.15, 0.2) is 5.78 Å². The summed E-state index contributed by atoms with van der Waals surface area (Å²) in [7, 11) is 0. The van der Waals surface area contributed by atoms with Gasteiger partial charge in [-0.2, -0.15) is 0 Å². The molecule has 1 aromatic carbocycles. The van der Waals surface area contributed by atoms with E-state index in [4.69, 9.17) is 23.2 Å². The Morgan fingerprint density at radius 1 is 1.36 bits per heavy atom. The lowest BCUT2D eigenvalue weighted by Crippen LogP contribution is -1.89. The fourth-order valence-corrected chi connectivity index (χ4v) is 2.06.